The van der Waals surface area contributed by atoms with Gasteiger partial charge in [-0.05, 0) is 13.0 Å². The third-order valence-corrected chi connectivity index (χ3v) is 5.03. The first-order valence-electron chi connectivity index (χ1n) is 8.14. The van der Waals surface area contributed by atoms with Crippen LogP contribution in [0.1, 0.15) is 17.2 Å². The van der Waals surface area contributed by atoms with Crippen LogP contribution in [0, 0.1) is 6.92 Å². The number of methoxy groups -OCH3 is 1. The number of aliphatic imine (C=N–C) groups is 1. The highest BCUT2D eigenvalue weighted by atomic mass is 16.5. The first-order valence-corrected chi connectivity index (χ1v) is 8.14. The van der Waals surface area contributed by atoms with Gasteiger partial charge < -0.3 is 20.1 Å². The normalized spacial score (nSPS) is 18.8. The van der Waals surface area contributed by atoms with Crippen LogP contribution in [0.3, 0.4) is 0 Å². The van der Waals surface area contributed by atoms with Crippen LogP contribution in [0.25, 0.3) is 22.3 Å². The zero-order valence-corrected chi connectivity index (χ0v) is 14.2. The summed E-state index contributed by atoms with van der Waals surface area (Å²) in [5, 5.41) is 3.15. The highest BCUT2D eigenvalue weighted by molar-refractivity contribution is 5.97. The highest BCUT2D eigenvalue weighted by Gasteiger charge is 2.32. The van der Waals surface area contributed by atoms with Crippen LogP contribution in [0.5, 0.6) is 5.75 Å². The van der Waals surface area contributed by atoms with Crippen LogP contribution in [-0.2, 0) is 0 Å². The van der Waals surface area contributed by atoms with Crippen molar-refractivity contribution in [2.45, 2.75) is 13.0 Å². The first-order chi connectivity index (χ1) is 12.2. The van der Waals surface area contributed by atoms with Crippen molar-refractivity contribution in [2.24, 2.45) is 4.99 Å². The predicted octanol–water partition coefficient (Wildman–Crippen LogP) is 2.97. The summed E-state index contributed by atoms with van der Waals surface area (Å²) >= 11 is 0. The number of ether oxygens (including phenoxy) is 1. The fraction of sp³-hybridized carbons (Fsp3) is 0.222. The third-order valence-electron chi connectivity index (χ3n) is 5.03. The molecule has 7 nitrogen and oxygen atoms in total. The lowest BCUT2D eigenvalue weighted by molar-refractivity contribution is 0.253. The van der Waals surface area contributed by atoms with Gasteiger partial charge in [0.15, 0.2) is 0 Å². The van der Waals surface area contributed by atoms with Gasteiger partial charge >= 0.3 is 0 Å². The molecule has 25 heavy (non-hydrogen) atoms. The molecule has 1 atom stereocenters. The molecule has 2 aliphatic heterocycles. The molecule has 0 bridgehead atoms. The fourth-order valence-electron chi connectivity index (χ4n) is 3.76. The molecule has 3 aromatic heterocycles. The van der Waals surface area contributed by atoms with E-state index >= 15 is 0 Å². The summed E-state index contributed by atoms with van der Waals surface area (Å²) < 4.78 is 5.43. The Labute approximate surface area is 144 Å². The van der Waals surface area contributed by atoms with Crippen molar-refractivity contribution < 1.29 is 4.74 Å². The Bertz CT molecular complexity index is 1060. The van der Waals surface area contributed by atoms with Crippen molar-refractivity contribution in [3.63, 3.8) is 0 Å². The number of pyridine rings is 1. The van der Waals surface area contributed by atoms with E-state index in [4.69, 9.17) is 4.74 Å². The van der Waals surface area contributed by atoms with Crippen LogP contribution in [0.15, 0.2) is 35.2 Å². The lowest BCUT2D eigenvalue weighted by Gasteiger charge is -2.23. The maximum absolute atomic E-state index is 5.43. The molecule has 0 radical (unpaired) electrons. The number of fused-ring (bicyclic) bond motifs is 4. The van der Waals surface area contributed by atoms with Gasteiger partial charge in [-0.25, -0.2) is 15.0 Å². The van der Waals surface area contributed by atoms with E-state index in [1.165, 1.54) is 11.1 Å². The summed E-state index contributed by atoms with van der Waals surface area (Å²) in [7, 11) is 3.70. The van der Waals surface area contributed by atoms with Gasteiger partial charge in [-0.1, -0.05) is 0 Å². The van der Waals surface area contributed by atoms with E-state index in [1.54, 1.807) is 13.3 Å². The highest BCUT2D eigenvalue weighted by Crippen LogP contribution is 2.42. The SMILES string of the molecule is COc1cnc2[nH]cc(-c3cc4c([nH]3)N=CC3=CNN(C)C34)c2c1C. The van der Waals surface area contributed by atoms with Gasteiger partial charge in [-0.15, -0.1) is 0 Å². The van der Waals surface area contributed by atoms with Crippen LogP contribution in [0.4, 0.5) is 5.82 Å². The molecule has 5 rings (SSSR count). The Balaban J connectivity index is 1.69. The summed E-state index contributed by atoms with van der Waals surface area (Å²) in [6, 6.07) is 2.35. The van der Waals surface area contributed by atoms with Crippen molar-refractivity contribution in [1.82, 2.24) is 25.4 Å². The van der Waals surface area contributed by atoms with Gasteiger partial charge in [-0.3, -0.25) is 0 Å². The molecule has 7 heteroatoms. The second kappa shape index (κ2) is 4.97. The molecule has 0 aromatic carbocycles. The van der Waals surface area contributed by atoms with Gasteiger partial charge in [0.05, 0.1) is 19.3 Å². The van der Waals surface area contributed by atoms with Crippen LogP contribution >= 0.6 is 0 Å². The lowest BCUT2D eigenvalue weighted by atomic mass is 9.99. The number of hydrazine groups is 1. The van der Waals surface area contributed by atoms with Crippen molar-refractivity contribution in [3.05, 3.63) is 41.4 Å². The molecule has 3 N–H and O–H groups in total. The molecular formula is C18H18N6O. The molecule has 0 saturated carbocycles. The van der Waals surface area contributed by atoms with Gasteiger partial charge in [-0.2, -0.15) is 0 Å². The van der Waals surface area contributed by atoms with Gasteiger partial charge in [0, 0.05) is 59.0 Å². The van der Waals surface area contributed by atoms with Crippen molar-refractivity contribution >= 4 is 23.1 Å². The van der Waals surface area contributed by atoms with E-state index < -0.39 is 0 Å². The Morgan fingerprint density at radius 1 is 1.32 bits per heavy atom. The quantitative estimate of drug-likeness (QED) is 0.673. The molecule has 1 unspecified atom stereocenters. The summed E-state index contributed by atoms with van der Waals surface area (Å²) in [6.07, 6.45) is 7.64. The summed E-state index contributed by atoms with van der Waals surface area (Å²) in [5.74, 6) is 1.68. The monoisotopic (exact) mass is 334 g/mol. The fourth-order valence-corrected chi connectivity index (χ4v) is 3.76. The van der Waals surface area contributed by atoms with E-state index in [0.29, 0.717) is 0 Å². The predicted molar refractivity (Wildman–Crippen MR) is 97.0 cm³/mol. The molecule has 0 spiro atoms. The topological polar surface area (TPSA) is 81.3 Å². The average Bonchev–Trinajstić information content (AvgIpc) is 3.31. The van der Waals surface area contributed by atoms with E-state index in [0.717, 1.165) is 39.4 Å². The van der Waals surface area contributed by atoms with Gasteiger partial charge in [0.25, 0.3) is 0 Å². The average molecular weight is 334 g/mol. The third kappa shape index (κ3) is 1.90. The van der Waals surface area contributed by atoms with Gasteiger partial charge in [0.1, 0.15) is 17.2 Å². The molecule has 0 amide bonds. The molecule has 126 valence electrons. The van der Waals surface area contributed by atoms with Crippen molar-refractivity contribution in [3.8, 4) is 17.0 Å². The first kappa shape index (κ1) is 14.3. The van der Waals surface area contributed by atoms with E-state index in [1.807, 2.05) is 25.7 Å². The maximum Gasteiger partial charge on any atom is 0.140 e. The van der Waals surface area contributed by atoms with Crippen molar-refractivity contribution in [1.29, 1.82) is 0 Å². The van der Waals surface area contributed by atoms with E-state index in [2.05, 4.69) is 43.4 Å². The van der Waals surface area contributed by atoms with E-state index in [9.17, 15) is 0 Å². The molecule has 2 aliphatic rings. The minimum absolute atomic E-state index is 0.177. The standard InChI is InChI=1S/C18H18N6O/c1-9-14(25-3)8-21-18-15(9)12(7-20-18)13-4-11-16-10(6-22-24(16)2)5-19-17(11)23-13/h4-8,16,22-23H,1-3H3,(H,20,21). The van der Waals surface area contributed by atoms with Crippen LogP contribution in [-0.4, -0.2) is 40.3 Å². The summed E-state index contributed by atoms with van der Waals surface area (Å²) in [6.45, 7) is 2.05. The number of hydrogen-bond acceptors (Lipinski definition) is 5. The maximum atomic E-state index is 5.43. The Morgan fingerprint density at radius 3 is 3.04 bits per heavy atom. The summed E-state index contributed by atoms with van der Waals surface area (Å²) in [5.41, 5.74) is 9.58. The zero-order valence-electron chi connectivity index (χ0n) is 14.2. The molecule has 0 saturated heterocycles. The number of nitrogens with zero attached hydrogens (tertiary/aromatic N) is 3. The number of aromatic amines is 2. The zero-order chi connectivity index (χ0) is 17.1. The molecular weight excluding hydrogens is 316 g/mol. The number of likely N-dealkylation sites (N-methyl/N-ethyl adjacent to an activating group) is 1. The number of aromatic nitrogens is 3. The smallest absolute Gasteiger partial charge is 0.140 e. The number of aryl methyl sites for hydroxylation is 1. The second-order valence-electron chi connectivity index (χ2n) is 6.41. The number of hydrogen-bond donors (Lipinski definition) is 3. The number of rotatable bonds is 2. The molecule has 0 fully saturated rings. The Hall–Kier alpha value is -3.06. The van der Waals surface area contributed by atoms with Gasteiger partial charge in [0.2, 0.25) is 0 Å². The molecule has 0 aliphatic carbocycles. The molecule has 3 aromatic rings. The lowest BCUT2D eigenvalue weighted by Crippen LogP contribution is -2.29. The number of H-pyrrole nitrogens is 2. The molecule has 5 heterocycles. The van der Waals surface area contributed by atoms with Crippen LogP contribution in [0.2, 0.25) is 0 Å². The van der Waals surface area contributed by atoms with Crippen LogP contribution < -0.4 is 10.2 Å². The minimum atomic E-state index is 0.177. The second-order valence-corrected chi connectivity index (χ2v) is 6.41. The van der Waals surface area contributed by atoms with E-state index in [-0.39, 0.29) is 6.04 Å². The summed E-state index contributed by atoms with van der Waals surface area (Å²) in [4.78, 5) is 15.7. The Kier molecular flexibility index (Phi) is 2.84. The largest absolute Gasteiger partial charge is 0.495 e. The Morgan fingerprint density at radius 2 is 2.20 bits per heavy atom. The number of nitrogens with one attached hydrogen (secondary N) is 3. The van der Waals surface area contributed by atoms with Crippen molar-refractivity contribution in [2.75, 3.05) is 14.2 Å². The minimum Gasteiger partial charge on any atom is -0.495 e.